The summed E-state index contributed by atoms with van der Waals surface area (Å²) in [6.45, 7) is 1.51. The van der Waals surface area contributed by atoms with E-state index in [4.69, 9.17) is 10.7 Å². The SMILES string of the molecule is CC(=O)c1c([C@H]2C[C@H]3CC[C@@H](C2)N3C(=O)c2ccn[nH]2)nc2c(-c3ccc(-c4ccn(C)n4)nc3)cnn2c1N. The van der Waals surface area contributed by atoms with Gasteiger partial charge in [-0.3, -0.25) is 24.4 Å². The molecule has 202 valence electrons. The fraction of sp³-hybridized carbons (Fsp3) is 0.321. The Labute approximate surface area is 229 Å². The zero-order valence-corrected chi connectivity index (χ0v) is 22.2. The molecule has 5 aromatic heterocycles. The van der Waals surface area contributed by atoms with Crippen LogP contribution in [-0.2, 0) is 7.05 Å². The second kappa shape index (κ2) is 9.11. The van der Waals surface area contributed by atoms with Crippen LogP contribution in [0.3, 0.4) is 0 Å². The van der Waals surface area contributed by atoms with Crippen LogP contribution < -0.4 is 5.73 Å². The minimum absolute atomic E-state index is 0.0121. The van der Waals surface area contributed by atoms with E-state index in [0.29, 0.717) is 35.4 Å². The summed E-state index contributed by atoms with van der Waals surface area (Å²) in [5.41, 5.74) is 11.9. The van der Waals surface area contributed by atoms with E-state index < -0.39 is 0 Å². The maximum Gasteiger partial charge on any atom is 0.272 e. The first-order valence-corrected chi connectivity index (χ1v) is 13.4. The molecule has 0 unspecified atom stereocenters. The number of ketones is 1. The molecule has 0 radical (unpaired) electrons. The average Bonchev–Trinajstić information content (AvgIpc) is 3.75. The van der Waals surface area contributed by atoms with E-state index in [-0.39, 0.29) is 35.5 Å². The predicted octanol–water partition coefficient (Wildman–Crippen LogP) is 3.25. The molecular formula is C28H28N10O2. The molecule has 12 nitrogen and oxygen atoms in total. The van der Waals surface area contributed by atoms with Crippen molar-refractivity contribution in [1.29, 1.82) is 0 Å². The number of aromatic nitrogens is 8. The number of carbonyl (C=O) groups excluding carboxylic acids is 2. The Morgan fingerprint density at radius 2 is 1.85 bits per heavy atom. The number of nitrogen functional groups attached to an aromatic ring is 1. The second-order valence-corrected chi connectivity index (χ2v) is 10.6. The van der Waals surface area contributed by atoms with Crippen LogP contribution >= 0.6 is 0 Å². The van der Waals surface area contributed by atoms with E-state index in [1.165, 1.54) is 11.4 Å². The molecule has 0 aliphatic carbocycles. The maximum atomic E-state index is 13.2. The summed E-state index contributed by atoms with van der Waals surface area (Å²) < 4.78 is 3.27. The minimum Gasteiger partial charge on any atom is -0.383 e. The van der Waals surface area contributed by atoms with Crippen molar-refractivity contribution in [3.8, 4) is 22.5 Å². The molecule has 2 fully saturated rings. The van der Waals surface area contributed by atoms with Crippen molar-refractivity contribution in [2.75, 3.05) is 5.73 Å². The van der Waals surface area contributed by atoms with E-state index in [1.54, 1.807) is 29.3 Å². The lowest BCUT2D eigenvalue weighted by atomic mass is 9.85. The Morgan fingerprint density at radius 1 is 1.05 bits per heavy atom. The smallest absolute Gasteiger partial charge is 0.272 e. The Kier molecular flexibility index (Phi) is 5.51. The van der Waals surface area contributed by atoms with Crippen molar-refractivity contribution < 1.29 is 9.59 Å². The number of H-pyrrole nitrogens is 1. The molecule has 2 aliphatic heterocycles. The van der Waals surface area contributed by atoms with Gasteiger partial charge in [-0.15, -0.1) is 0 Å². The van der Waals surface area contributed by atoms with Gasteiger partial charge < -0.3 is 10.6 Å². The number of nitrogens with zero attached hydrogens (tertiary/aromatic N) is 8. The number of anilines is 1. The molecule has 40 heavy (non-hydrogen) atoms. The summed E-state index contributed by atoms with van der Waals surface area (Å²) in [4.78, 5) is 37.7. The minimum atomic E-state index is -0.149. The van der Waals surface area contributed by atoms with Gasteiger partial charge in [0.05, 0.1) is 23.1 Å². The first kappa shape index (κ1) is 24.2. The molecule has 3 atom stereocenters. The standard InChI is InChI=1S/C28H28N10O2/c1-15(39)24-25(17-11-18-4-5-19(12-17)37(18)28(40)23-7-9-31-34-23)33-27-20(14-32-38(27)26(24)29)16-3-6-21(30-13-16)22-8-10-36(2)35-22/h3,6-10,13-14,17-19H,4-5,11-12,29H2,1-2H3,(H,31,34)/t17-,18+,19-. The van der Waals surface area contributed by atoms with Crippen LogP contribution in [0.1, 0.15) is 65.1 Å². The van der Waals surface area contributed by atoms with Crippen LogP contribution in [0.2, 0.25) is 0 Å². The van der Waals surface area contributed by atoms with Crippen molar-refractivity contribution >= 4 is 23.2 Å². The fourth-order valence-corrected chi connectivity index (χ4v) is 6.40. The van der Waals surface area contributed by atoms with Crippen LogP contribution in [0.5, 0.6) is 0 Å². The summed E-state index contributed by atoms with van der Waals surface area (Å²) in [5, 5.41) is 15.6. The maximum absolute atomic E-state index is 13.2. The van der Waals surface area contributed by atoms with Gasteiger partial charge in [-0.05, 0) is 50.8 Å². The highest BCUT2D eigenvalue weighted by molar-refractivity contribution is 6.00. The van der Waals surface area contributed by atoms with Crippen LogP contribution in [0, 0.1) is 0 Å². The van der Waals surface area contributed by atoms with Gasteiger partial charge >= 0.3 is 0 Å². The summed E-state index contributed by atoms with van der Waals surface area (Å²) >= 11 is 0. The van der Waals surface area contributed by atoms with E-state index in [2.05, 4.69) is 25.4 Å². The van der Waals surface area contributed by atoms with Crippen molar-refractivity contribution in [2.45, 2.75) is 50.6 Å². The zero-order valence-electron chi connectivity index (χ0n) is 22.2. The lowest BCUT2D eigenvalue weighted by Gasteiger charge is -2.39. The van der Waals surface area contributed by atoms with E-state index in [9.17, 15) is 9.59 Å². The lowest BCUT2D eigenvalue weighted by molar-refractivity contribution is 0.0562. The Hall–Kier alpha value is -4.87. The number of nitrogens with two attached hydrogens (primary N) is 1. The van der Waals surface area contributed by atoms with Gasteiger partial charge in [-0.1, -0.05) is 6.07 Å². The predicted molar refractivity (Wildman–Crippen MR) is 146 cm³/mol. The molecule has 0 spiro atoms. The molecule has 12 heteroatoms. The lowest BCUT2D eigenvalue weighted by Crippen LogP contribution is -2.46. The number of pyridine rings is 1. The fourth-order valence-electron chi connectivity index (χ4n) is 6.40. The largest absolute Gasteiger partial charge is 0.383 e. The van der Waals surface area contributed by atoms with Gasteiger partial charge in [0.2, 0.25) is 0 Å². The number of rotatable bonds is 5. The Morgan fingerprint density at radius 3 is 2.48 bits per heavy atom. The monoisotopic (exact) mass is 536 g/mol. The molecule has 2 bridgehead atoms. The molecule has 0 aromatic carbocycles. The van der Waals surface area contributed by atoms with Crippen LogP contribution in [-0.4, -0.2) is 68.2 Å². The highest BCUT2D eigenvalue weighted by atomic mass is 16.2. The molecular weight excluding hydrogens is 508 g/mol. The number of Topliss-reactive ketones (excluding diaryl/α,β-unsaturated/α-hetero) is 1. The number of fused-ring (bicyclic) bond motifs is 3. The van der Waals surface area contributed by atoms with E-state index in [1.807, 2.05) is 36.3 Å². The third kappa shape index (κ3) is 3.78. The average molecular weight is 537 g/mol. The zero-order chi connectivity index (χ0) is 27.5. The highest BCUT2D eigenvalue weighted by Crippen LogP contribution is 2.45. The van der Waals surface area contributed by atoms with Crippen molar-refractivity contribution in [2.24, 2.45) is 7.05 Å². The third-order valence-electron chi connectivity index (χ3n) is 8.20. The van der Waals surface area contributed by atoms with E-state index >= 15 is 0 Å². The van der Waals surface area contributed by atoms with Gasteiger partial charge in [-0.2, -0.15) is 19.8 Å². The molecule has 7 heterocycles. The van der Waals surface area contributed by atoms with Crippen molar-refractivity contribution in [3.05, 3.63) is 66.0 Å². The van der Waals surface area contributed by atoms with Gasteiger partial charge in [0.15, 0.2) is 11.4 Å². The Balaban J connectivity index is 1.26. The third-order valence-corrected chi connectivity index (χ3v) is 8.20. The van der Waals surface area contributed by atoms with Crippen LogP contribution in [0.25, 0.3) is 28.2 Å². The molecule has 0 saturated carbocycles. The Bertz CT molecular complexity index is 1740. The summed E-state index contributed by atoms with van der Waals surface area (Å²) in [5.74, 6) is 0.0867. The number of nitrogens with one attached hydrogen (secondary N) is 1. The van der Waals surface area contributed by atoms with Gasteiger partial charge in [0.1, 0.15) is 17.2 Å². The first-order chi connectivity index (χ1) is 19.4. The van der Waals surface area contributed by atoms with Crippen LogP contribution in [0.15, 0.2) is 49.1 Å². The molecule has 2 saturated heterocycles. The van der Waals surface area contributed by atoms with E-state index in [0.717, 1.165) is 35.4 Å². The summed E-state index contributed by atoms with van der Waals surface area (Å²) in [6, 6.07) is 7.62. The number of amides is 1. The number of aryl methyl sites for hydroxylation is 1. The number of hydrogen-bond donors (Lipinski definition) is 2. The molecule has 7 rings (SSSR count). The number of piperidine rings is 1. The molecule has 2 aliphatic rings. The number of carbonyl (C=O) groups is 2. The number of aromatic amines is 1. The second-order valence-electron chi connectivity index (χ2n) is 10.6. The van der Waals surface area contributed by atoms with Crippen LogP contribution in [0.4, 0.5) is 5.82 Å². The highest BCUT2D eigenvalue weighted by Gasteiger charge is 2.45. The van der Waals surface area contributed by atoms with Gasteiger partial charge in [0, 0.05) is 54.8 Å². The normalized spacial score (nSPS) is 20.4. The molecule has 3 N–H and O–H groups in total. The molecule has 1 amide bonds. The van der Waals surface area contributed by atoms with Gasteiger partial charge in [-0.25, -0.2) is 4.98 Å². The summed E-state index contributed by atoms with van der Waals surface area (Å²) in [7, 11) is 1.87. The number of hydrogen-bond acceptors (Lipinski definition) is 8. The molecule has 5 aromatic rings. The quantitative estimate of drug-likeness (QED) is 0.325. The van der Waals surface area contributed by atoms with Gasteiger partial charge in [0.25, 0.3) is 5.91 Å². The first-order valence-electron chi connectivity index (χ1n) is 13.4. The topological polar surface area (TPSA) is 153 Å². The summed E-state index contributed by atoms with van der Waals surface area (Å²) in [6.07, 6.45) is 10.2. The van der Waals surface area contributed by atoms with Crippen molar-refractivity contribution in [3.63, 3.8) is 0 Å². The van der Waals surface area contributed by atoms with Crippen molar-refractivity contribution in [1.82, 2.24) is 44.5 Å².